The van der Waals surface area contributed by atoms with Crippen LogP contribution in [0.2, 0.25) is 0 Å². The van der Waals surface area contributed by atoms with Crippen LogP contribution in [0, 0.1) is 11.3 Å². The SMILES string of the molecule is CN1C(=O)N(C)C2C3C(C#N)=CC(c4ccccc43)C2(F)C1=O. The maximum Gasteiger partial charge on any atom is 0.326 e. The molecule has 5 rings (SSSR count). The number of nitrogens with zero attached hydrogens (tertiary/aromatic N) is 3. The minimum absolute atomic E-state index is 0.420. The van der Waals surface area contributed by atoms with Crippen LogP contribution in [0.15, 0.2) is 35.9 Å². The van der Waals surface area contributed by atoms with Gasteiger partial charge >= 0.3 is 6.03 Å². The van der Waals surface area contributed by atoms with Crippen LogP contribution in [0.5, 0.6) is 0 Å². The van der Waals surface area contributed by atoms with Crippen LogP contribution in [0.1, 0.15) is 23.0 Å². The van der Waals surface area contributed by atoms with Gasteiger partial charge in [-0.1, -0.05) is 30.3 Å². The fourth-order valence-corrected chi connectivity index (χ4v) is 4.30. The number of likely N-dealkylation sites (N-methyl/N-ethyl adjacent to an activating group) is 1. The van der Waals surface area contributed by atoms with E-state index in [1.165, 1.54) is 19.0 Å². The van der Waals surface area contributed by atoms with E-state index in [4.69, 9.17) is 0 Å². The van der Waals surface area contributed by atoms with Crippen LogP contribution in [-0.4, -0.2) is 47.5 Å². The first-order valence-electron chi connectivity index (χ1n) is 7.37. The van der Waals surface area contributed by atoms with E-state index in [9.17, 15) is 14.9 Å². The summed E-state index contributed by atoms with van der Waals surface area (Å²) in [6.07, 6.45) is 1.55. The highest BCUT2D eigenvalue weighted by atomic mass is 19.1. The zero-order chi connectivity index (χ0) is 16.5. The van der Waals surface area contributed by atoms with Crippen LogP contribution in [0.4, 0.5) is 9.18 Å². The lowest BCUT2D eigenvalue weighted by atomic mass is 9.57. The lowest BCUT2D eigenvalue weighted by Crippen LogP contribution is -2.73. The van der Waals surface area contributed by atoms with Crippen molar-refractivity contribution in [2.45, 2.75) is 23.5 Å². The van der Waals surface area contributed by atoms with E-state index in [0.717, 1.165) is 16.0 Å². The van der Waals surface area contributed by atoms with Gasteiger partial charge in [-0.25, -0.2) is 9.18 Å². The highest BCUT2D eigenvalue weighted by Crippen LogP contribution is 2.58. The summed E-state index contributed by atoms with van der Waals surface area (Å²) >= 11 is 0. The van der Waals surface area contributed by atoms with Crippen LogP contribution >= 0.6 is 0 Å². The lowest BCUT2D eigenvalue weighted by Gasteiger charge is -2.56. The molecule has 0 N–H and O–H groups in total. The second kappa shape index (κ2) is 4.19. The Balaban J connectivity index is 2.04. The number of nitriles is 1. The van der Waals surface area contributed by atoms with Crippen molar-refractivity contribution in [3.63, 3.8) is 0 Å². The monoisotopic (exact) mass is 311 g/mol. The third-order valence-corrected chi connectivity index (χ3v) is 5.31. The summed E-state index contributed by atoms with van der Waals surface area (Å²) < 4.78 is 16.0. The molecule has 3 aliphatic carbocycles. The summed E-state index contributed by atoms with van der Waals surface area (Å²) in [7, 11) is 2.78. The molecule has 1 aromatic carbocycles. The number of benzene rings is 1. The van der Waals surface area contributed by atoms with Gasteiger partial charge in [-0.2, -0.15) is 5.26 Å². The van der Waals surface area contributed by atoms with Crippen molar-refractivity contribution >= 4 is 11.9 Å². The molecule has 4 atom stereocenters. The highest BCUT2D eigenvalue weighted by Gasteiger charge is 2.68. The zero-order valence-electron chi connectivity index (χ0n) is 12.7. The molecule has 1 saturated heterocycles. The topological polar surface area (TPSA) is 64.4 Å². The maximum absolute atomic E-state index is 16.0. The molecule has 5 nitrogen and oxygen atoms in total. The predicted molar refractivity (Wildman–Crippen MR) is 79.2 cm³/mol. The van der Waals surface area contributed by atoms with Crippen LogP contribution in [0.25, 0.3) is 0 Å². The van der Waals surface area contributed by atoms with E-state index in [0.29, 0.717) is 5.57 Å². The van der Waals surface area contributed by atoms with Gasteiger partial charge in [0, 0.05) is 31.5 Å². The summed E-state index contributed by atoms with van der Waals surface area (Å²) in [5.41, 5.74) is -0.271. The van der Waals surface area contributed by atoms with Crippen LogP contribution in [-0.2, 0) is 4.79 Å². The molecule has 3 amide bonds. The molecule has 0 saturated carbocycles. The molecule has 4 unspecified atom stereocenters. The van der Waals surface area contributed by atoms with E-state index < -0.39 is 35.5 Å². The van der Waals surface area contributed by atoms with Crippen molar-refractivity contribution in [3.05, 3.63) is 47.0 Å². The Bertz CT molecular complexity index is 827. The van der Waals surface area contributed by atoms with Crippen LogP contribution in [0.3, 0.4) is 0 Å². The summed E-state index contributed by atoms with van der Waals surface area (Å²) in [5, 5.41) is 9.44. The number of allylic oxidation sites excluding steroid dienone is 1. The number of alkyl halides is 1. The van der Waals surface area contributed by atoms with E-state index in [-0.39, 0.29) is 0 Å². The molecule has 0 radical (unpaired) electrons. The Labute approximate surface area is 132 Å². The van der Waals surface area contributed by atoms with Gasteiger partial charge in [0.2, 0.25) is 5.67 Å². The standard InChI is InChI=1S/C17H14FN3O2/c1-20-14-13-9(8-19)7-12(10-5-3-4-6-11(10)13)17(14,18)15(22)21(2)16(20)23/h3-7,12-14H,1-2H3. The second-order valence-corrected chi connectivity index (χ2v) is 6.29. The largest absolute Gasteiger partial charge is 0.326 e. The first kappa shape index (κ1) is 13.9. The van der Waals surface area contributed by atoms with Gasteiger partial charge in [0.25, 0.3) is 5.91 Å². The third kappa shape index (κ3) is 1.40. The number of amides is 3. The Morgan fingerprint density at radius 1 is 1.22 bits per heavy atom. The summed E-state index contributed by atoms with van der Waals surface area (Å²) in [6, 6.07) is 7.84. The maximum atomic E-state index is 16.0. The number of imide groups is 1. The van der Waals surface area contributed by atoms with E-state index >= 15 is 4.39 Å². The minimum Gasteiger partial charge on any atom is -0.320 e. The molecule has 6 heteroatoms. The fourth-order valence-electron chi connectivity index (χ4n) is 4.30. The molecule has 0 aromatic heterocycles. The van der Waals surface area contributed by atoms with Crippen molar-refractivity contribution in [1.82, 2.24) is 9.80 Å². The first-order chi connectivity index (χ1) is 10.9. The summed E-state index contributed by atoms with van der Waals surface area (Å²) in [6.45, 7) is 0. The number of carbonyl (C=O) groups excluding carboxylic acids is 2. The molecule has 116 valence electrons. The molecular weight excluding hydrogens is 297 g/mol. The number of urea groups is 1. The minimum atomic E-state index is -2.24. The van der Waals surface area contributed by atoms with E-state index in [2.05, 4.69) is 6.07 Å². The highest BCUT2D eigenvalue weighted by molar-refractivity contribution is 6.04. The Hall–Kier alpha value is -2.68. The smallest absolute Gasteiger partial charge is 0.320 e. The molecule has 1 heterocycles. The average molecular weight is 311 g/mol. The zero-order valence-corrected chi connectivity index (χ0v) is 12.7. The van der Waals surface area contributed by atoms with Gasteiger partial charge in [0.05, 0.1) is 12.1 Å². The van der Waals surface area contributed by atoms with Gasteiger partial charge in [-0.3, -0.25) is 9.69 Å². The van der Waals surface area contributed by atoms with Crippen molar-refractivity contribution < 1.29 is 14.0 Å². The van der Waals surface area contributed by atoms with Crippen molar-refractivity contribution in [2.24, 2.45) is 0 Å². The Morgan fingerprint density at radius 2 is 1.87 bits per heavy atom. The van der Waals surface area contributed by atoms with Crippen molar-refractivity contribution in [1.29, 1.82) is 5.26 Å². The Morgan fingerprint density at radius 3 is 2.52 bits per heavy atom. The van der Waals surface area contributed by atoms with Gasteiger partial charge in [0.15, 0.2) is 0 Å². The number of halogens is 1. The van der Waals surface area contributed by atoms with Crippen molar-refractivity contribution in [2.75, 3.05) is 14.1 Å². The van der Waals surface area contributed by atoms with Gasteiger partial charge in [-0.15, -0.1) is 0 Å². The van der Waals surface area contributed by atoms with Gasteiger partial charge < -0.3 is 4.90 Å². The summed E-state index contributed by atoms with van der Waals surface area (Å²) in [4.78, 5) is 27.0. The van der Waals surface area contributed by atoms with Crippen molar-refractivity contribution in [3.8, 4) is 6.07 Å². The Kier molecular flexibility index (Phi) is 2.54. The molecule has 2 bridgehead atoms. The average Bonchev–Trinajstić information content (AvgIpc) is 2.58. The molecule has 4 aliphatic rings. The number of carbonyl (C=O) groups is 2. The van der Waals surface area contributed by atoms with Gasteiger partial charge in [0.1, 0.15) is 0 Å². The lowest BCUT2D eigenvalue weighted by molar-refractivity contribution is -0.153. The number of hydrogen-bond acceptors (Lipinski definition) is 3. The van der Waals surface area contributed by atoms with E-state index in [1.54, 1.807) is 18.2 Å². The first-order valence-corrected chi connectivity index (χ1v) is 7.37. The van der Waals surface area contributed by atoms with E-state index in [1.807, 2.05) is 12.1 Å². The molecule has 1 aromatic rings. The molecule has 1 fully saturated rings. The summed E-state index contributed by atoms with van der Waals surface area (Å²) in [5.74, 6) is -2.30. The number of hydrogen-bond donors (Lipinski definition) is 0. The third-order valence-electron chi connectivity index (χ3n) is 5.31. The normalized spacial score (nSPS) is 34.7. The second-order valence-electron chi connectivity index (χ2n) is 6.29. The molecular formula is C17H14FN3O2. The number of rotatable bonds is 0. The fraction of sp³-hybridized carbons (Fsp3) is 0.353. The van der Waals surface area contributed by atoms with Gasteiger partial charge in [-0.05, 0) is 11.1 Å². The van der Waals surface area contributed by atoms with Crippen LogP contribution < -0.4 is 0 Å². The molecule has 23 heavy (non-hydrogen) atoms. The predicted octanol–water partition coefficient (Wildman–Crippen LogP) is 1.93. The molecule has 0 spiro atoms. The quantitative estimate of drug-likeness (QED) is 0.735. The molecule has 1 aliphatic heterocycles.